The Morgan fingerprint density at radius 1 is 1.12 bits per heavy atom. The van der Waals surface area contributed by atoms with Crippen molar-refractivity contribution < 1.29 is 14.6 Å². The molecular weight excluding hydrogens is 328 g/mol. The highest BCUT2D eigenvalue weighted by molar-refractivity contribution is 5.77. The molecule has 1 spiro atoms. The number of rotatable bonds is 4. The average molecular weight is 358 g/mol. The maximum atomic E-state index is 12.9. The Hall–Kier alpha value is -1.43. The first-order valence-electron chi connectivity index (χ1n) is 9.90. The fourth-order valence-corrected chi connectivity index (χ4v) is 4.41. The second kappa shape index (κ2) is 7.29. The van der Waals surface area contributed by atoms with Gasteiger partial charge in [-0.2, -0.15) is 0 Å². The number of carbonyl (C=O) groups is 1. The van der Waals surface area contributed by atoms with Crippen molar-refractivity contribution in [3.05, 3.63) is 35.9 Å². The second-order valence-corrected chi connectivity index (χ2v) is 8.57. The Morgan fingerprint density at radius 2 is 1.92 bits per heavy atom. The number of hydrogen-bond acceptors (Lipinski definition) is 4. The molecule has 2 aliphatic heterocycles. The van der Waals surface area contributed by atoms with Crippen molar-refractivity contribution in [2.75, 3.05) is 39.4 Å². The van der Waals surface area contributed by atoms with Gasteiger partial charge in [-0.15, -0.1) is 0 Å². The molecule has 2 saturated heterocycles. The van der Waals surface area contributed by atoms with Gasteiger partial charge in [0.2, 0.25) is 5.91 Å². The molecule has 1 aromatic carbocycles. The molecule has 1 atom stereocenters. The van der Waals surface area contributed by atoms with Crippen molar-refractivity contribution in [1.82, 2.24) is 9.80 Å². The van der Waals surface area contributed by atoms with E-state index in [2.05, 4.69) is 17.0 Å². The molecule has 26 heavy (non-hydrogen) atoms. The molecule has 0 bridgehead atoms. The largest absolute Gasteiger partial charge is 0.388 e. The second-order valence-electron chi connectivity index (χ2n) is 8.57. The lowest BCUT2D eigenvalue weighted by Gasteiger charge is -2.40. The number of hydrogen-bond donors (Lipinski definition) is 1. The van der Waals surface area contributed by atoms with E-state index in [-0.39, 0.29) is 17.7 Å². The molecule has 4 rings (SSSR count). The van der Waals surface area contributed by atoms with E-state index in [1.807, 2.05) is 23.1 Å². The van der Waals surface area contributed by atoms with Crippen LogP contribution in [0.4, 0.5) is 0 Å². The Labute approximate surface area is 155 Å². The lowest BCUT2D eigenvalue weighted by atomic mass is 9.88. The van der Waals surface area contributed by atoms with E-state index in [1.165, 1.54) is 5.56 Å². The van der Waals surface area contributed by atoms with Crippen molar-refractivity contribution in [1.29, 1.82) is 0 Å². The highest BCUT2D eigenvalue weighted by Gasteiger charge is 2.47. The fraction of sp³-hybridized carbons (Fsp3) is 0.667. The highest BCUT2D eigenvalue weighted by Crippen LogP contribution is 2.47. The topological polar surface area (TPSA) is 53.0 Å². The minimum absolute atomic E-state index is 0.0887. The van der Waals surface area contributed by atoms with Gasteiger partial charge in [-0.1, -0.05) is 30.3 Å². The van der Waals surface area contributed by atoms with Crippen molar-refractivity contribution in [2.45, 2.75) is 44.2 Å². The average Bonchev–Trinajstić information content (AvgIpc) is 3.41. The Kier molecular flexibility index (Phi) is 5.04. The zero-order valence-corrected chi connectivity index (χ0v) is 15.5. The van der Waals surface area contributed by atoms with Crippen LogP contribution in [-0.4, -0.2) is 65.8 Å². The Balaban J connectivity index is 1.35. The molecular formula is C21H30N2O3. The van der Waals surface area contributed by atoms with Crippen molar-refractivity contribution in [3.63, 3.8) is 0 Å². The van der Waals surface area contributed by atoms with Gasteiger partial charge in [0, 0.05) is 31.6 Å². The third-order valence-electron chi connectivity index (χ3n) is 6.11. The molecule has 1 N–H and O–H groups in total. The molecule has 3 aliphatic rings. The third kappa shape index (κ3) is 4.27. The van der Waals surface area contributed by atoms with Gasteiger partial charge in [-0.25, -0.2) is 0 Å². The molecule has 2 heterocycles. The normalized spacial score (nSPS) is 28.7. The van der Waals surface area contributed by atoms with Gasteiger partial charge in [0.05, 0.1) is 25.2 Å². The molecule has 1 aliphatic carbocycles. The van der Waals surface area contributed by atoms with Gasteiger partial charge in [0.1, 0.15) is 0 Å². The summed E-state index contributed by atoms with van der Waals surface area (Å²) in [6.45, 7) is 5.24. The molecule has 5 heteroatoms. The van der Waals surface area contributed by atoms with Crippen LogP contribution in [0.1, 0.15) is 37.7 Å². The van der Waals surface area contributed by atoms with Crippen LogP contribution in [-0.2, 0) is 16.1 Å². The maximum absolute atomic E-state index is 12.9. The molecule has 0 aromatic heterocycles. The van der Waals surface area contributed by atoms with Crippen LogP contribution in [0.2, 0.25) is 0 Å². The van der Waals surface area contributed by atoms with E-state index >= 15 is 0 Å². The van der Waals surface area contributed by atoms with E-state index in [4.69, 9.17) is 4.74 Å². The number of aliphatic hydroxyl groups is 1. The minimum atomic E-state index is -0.909. The predicted molar refractivity (Wildman–Crippen MR) is 99.6 cm³/mol. The van der Waals surface area contributed by atoms with Gasteiger partial charge in [-0.3, -0.25) is 9.69 Å². The van der Waals surface area contributed by atoms with E-state index < -0.39 is 5.60 Å². The van der Waals surface area contributed by atoms with Crippen LogP contribution in [0, 0.1) is 5.41 Å². The molecule has 1 unspecified atom stereocenters. The zero-order valence-electron chi connectivity index (χ0n) is 15.5. The molecule has 142 valence electrons. The molecule has 3 fully saturated rings. The molecule has 1 saturated carbocycles. The zero-order chi connectivity index (χ0) is 18.0. The van der Waals surface area contributed by atoms with E-state index in [9.17, 15) is 9.90 Å². The highest BCUT2D eigenvalue weighted by atomic mass is 16.5. The van der Waals surface area contributed by atoms with Gasteiger partial charge in [0.15, 0.2) is 0 Å². The van der Waals surface area contributed by atoms with E-state index in [0.717, 1.165) is 45.5 Å². The number of carbonyl (C=O) groups excluding carboxylic acids is 1. The number of amides is 1. The fourth-order valence-electron chi connectivity index (χ4n) is 4.41. The summed E-state index contributed by atoms with van der Waals surface area (Å²) < 4.78 is 5.69. The van der Waals surface area contributed by atoms with Crippen LogP contribution in [0.15, 0.2) is 30.3 Å². The summed E-state index contributed by atoms with van der Waals surface area (Å²) in [5, 5.41) is 11.1. The molecule has 0 radical (unpaired) electrons. The molecule has 1 aromatic rings. The van der Waals surface area contributed by atoms with Crippen molar-refractivity contribution in [2.24, 2.45) is 5.41 Å². The number of ether oxygens (including phenoxy) is 1. The van der Waals surface area contributed by atoms with Gasteiger partial charge in [-0.05, 0) is 37.8 Å². The number of benzene rings is 1. The van der Waals surface area contributed by atoms with Crippen LogP contribution in [0.25, 0.3) is 0 Å². The van der Waals surface area contributed by atoms with Crippen LogP contribution in [0.3, 0.4) is 0 Å². The summed E-state index contributed by atoms with van der Waals surface area (Å²) in [4.78, 5) is 17.1. The van der Waals surface area contributed by atoms with Crippen LogP contribution in [0.5, 0.6) is 0 Å². The van der Waals surface area contributed by atoms with Crippen molar-refractivity contribution in [3.8, 4) is 0 Å². The van der Waals surface area contributed by atoms with Crippen LogP contribution < -0.4 is 0 Å². The quantitative estimate of drug-likeness (QED) is 0.895. The standard InChI is InChI=1S/C21H30N2O3/c24-19(23-11-12-26-17-20(15-23)8-9-20)13-21(25)7-4-10-22(16-21)14-18-5-2-1-3-6-18/h1-3,5-6,25H,4,7-17H2. The van der Waals surface area contributed by atoms with Crippen LogP contribution >= 0.6 is 0 Å². The van der Waals surface area contributed by atoms with E-state index in [1.54, 1.807) is 0 Å². The summed E-state index contributed by atoms with van der Waals surface area (Å²) >= 11 is 0. The van der Waals surface area contributed by atoms with E-state index in [0.29, 0.717) is 26.1 Å². The Morgan fingerprint density at radius 3 is 2.69 bits per heavy atom. The lowest BCUT2D eigenvalue weighted by molar-refractivity contribution is -0.139. The first kappa shape index (κ1) is 18.0. The number of nitrogens with zero attached hydrogens (tertiary/aromatic N) is 2. The SMILES string of the molecule is O=C(CC1(O)CCCN(Cc2ccccc2)C1)N1CCOCC2(CC2)C1. The number of piperidine rings is 1. The summed E-state index contributed by atoms with van der Waals surface area (Å²) in [7, 11) is 0. The summed E-state index contributed by atoms with van der Waals surface area (Å²) in [5.74, 6) is 0.0887. The van der Waals surface area contributed by atoms with Gasteiger partial charge < -0.3 is 14.7 Å². The van der Waals surface area contributed by atoms with Gasteiger partial charge >= 0.3 is 0 Å². The predicted octanol–water partition coefficient (Wildman–Crippen LogP) is 2.04. The minimum Gasteiger partial charge on any atom is -0.388 e. The lowest BCUT2D eigenvalue weighted by Crippen LogP contribution is -2.51. The summed E-state index contributed by atoms with van der Waals surface area (Å²) in [5.41, 5.74) is 0.553. The smallest absolute Gasteiger partial charge is 0.225 e. The number of likely N-dealkylation sites (tertiary alicyclic amines) is 1. The molecule has 1 amide bonds. The first-order valence-corrected chi connectivity index (χ1v) is 9.90. The maximum Gasteiger partial charge on any atom is 0.225 e. The monoisotopic (exact) mass is 358 g/mol. The third-order valence-corrected chi connectivity index (χ3v) is 6.11. The van der Waals surface area contributed by atoms with Crippen molar-refractivity contribution >= 4 is 5.91 Å². The number of β-amino-alcohol motifs (C(OH)–C–C–N with tert-alkyl or cyclic N) is 1. The first-order chi connectivity index (χ1) is 12.6. The summed E-state index contributed by atoms with van der Waals surface area (Å²) in [6.07, 6.45) is 4.19. The summed E-state index contributed by atoms with van der Waals surface area (Å²) in [6, 6.07) is 10.3. The molecule has 5 nitrogen and oxygen atoms in total. The van der Waals surface area contributed by atoms with Gasteiger partial charge in [0.25, 0.3) is 0 Å². The Bertz CT molecular complexity index is 631.